The van der Waals surface area contributed by atoms with Gasteiger partial charge in [0.2, 0.25) is 11.8 Å². The molecule has 3 aliphatic heterocycles. The predicted molar refractivity (Wildman–Crippen MR) is 238 cm³/mol. The van der Waals surface area contributed by atoms with E-state index in [1.54, 1.807) is 11.0 Å². The van der Waals surface area contributed by atoms with Crippen molar-refractivity contribution in [1.29, 1.82) is 0 Å². The fraction of sp³-hybridized carbons (Fsp3) is 0.521. The van der Waals surface area contributed by atoms with Gasteiger partial charge in [-0.1, -0.05) is 51.0 Å². The first-order chi connectivity index (χ1) is 29.8. The number of aliphatic hydroxyl groups excluding tert-OH is 1. The van der Waals surface area contributed by atoms with E-state index in [4.69, 9.17) is 6.42 Å². The molecule has 2 saturated heterocycles. The number of urea groups is 1. The minimum Gasteiger partial charge on any atom is -0.507 e. The van der Waals surface area contributed by atoms with E-state index in [9.17, 15) is 24.6 Å². The minimum absolute atomic E-state index is 0.0250. The van der Waals surface area contributed by atoms with Crippen molar-refractivity contribution in [3.63, 3.8) is 0 Å². The number of nitrogens with one attached hydrogen (secondary N) is 3. The third-order valence-corrected chi connectivity index (χ3v) is 13.7. The number of aromatic nitrogens is 3. The van der Waals surface area contributed by atoms with Gasteiger partial charge >= 0.3 is 6.03 Å². The minimum atomic E-state index is -0.889. The predicted octanol–water partition coefficient (Wildman–Crippen LogP) is 4.81. The van der Waals surface area contributed by atoms with Crippen LogP contribution in [0, 0.1) is 23.7 Å². The Hall–Kier alpha value is -5.49. The third kappa shape index (κ3) is 9.16. The number of rotatable bonds is 9. The second kappa shape index (κ2) is 18.1. The van der Waals surface area contributed by atoms with Gasteiger partial charge in [0.05, 0.1) is 11.8 Å². The number of benzene rings is 2. The molecule has 1 aliphatic carbocycles. The fourth-order valence-electron chi connectivity index (χ4n) is 10.2. The lowest BCUT2D eigenvalue weighted by atomic mass is 9.83. The van der Waals surface area contributed by atoms with Crippen molar-refractivity contribution in [2.24, 2.45) is 11.3 Å². The van der Waals surface area contributed by atoms with E-state index in [2.05, 4.69) is 54.5 Å². The molecule has 4 atom stereocenters. The van der Waals surface area contributed by atoms with Gasteiger partial charge in [0.25, 0.3) is 0 Å². The van der Waals surface area contributed by atoms with Crippen molar-refractivity contribution < 1.29 is 24.6 Å². The number of carbonyl (C=O) groups excluding carboxylic acids is 3. The number of aromatic hydroxyl groups is 1. The number of aliphatic hydroxyl groups is 1. The lowest BCUT2D eigenvalue weighted by molar-refractivity contribution is -0.142. The fourth-order valence-corrected chi connectivity index (χ4v) is 10.2. The Balaban J connectivity index is 0.814. The number of para-hydroxylation sites is 1. The summed E-state index contributed by atoms with van der Waals surface area (Å²) in [5.41, 5.74) is 5.64. The Morgan fingerprint density at radius 2 is 1.71 bits per heavy atom. The highest BCUT2D eigenvalue weighted by atomic mass is 16.3. The Labute approximate surface area is 364 Å². The smallest absolute Gasteiger partial charge is 0.318 e. The number of H-pyrrole nitrogens is 1. The number of phenolic OH excluding ortho intramolecular Hbond substituents is 1. The first-order valence-corrected chi connectivity index (χ1v) is 22.3. The summed E-state index contributed by atoms with van der Waals surface area (Å²) >= 11 is 0. The first kappa shape index (κ1) is 43.2. The van der Waals surface area contributed by atoms with E-state index >= 15 is 0 Å². The van der Waals surface area contributed by atoms with E-state index < -0.39 is 23.6 Å². The zero-order valence-corrected chi connectivity index (χ0v) is 36.4. The van der Waals surface area contributed by atoms with E-state index in [0.29, 0.717) is 36.3 Å². The maximum Gasteiger partial charge on any atom is 0.318 e. The topological polar surface area (TPSA) is 170 Å². The van der Waals surface area contributed by atoms with Gasteiger partial charge in [0, 0.05) is 99.5 Å². The van der Waals surface area contributed by atoms with Gasteiger partial charge in [-0.3, -0.25) is 19.4 Å². The maximum atomic E-state index is 14.2. The van der Waals surface area contributed by atoms with Crippen molar-refractivity contribution in [3.05, 3.63) is 77.0 Å². The molecule has 3 fully saturated rings. The Morgan fingerprint density at radius 1 is 0.984 bits per heavy atom. The second-order valence-corrected chi connectivity index (χ2v) is 18.9. The molecule has 5 heterocycles. The Kier molecular flexibility index (Phi) is 12.6. The molecule has 8 rings (SSSR count). The van der Waals surface area contributed by atoms with Crippen molar-refractivity contribution in [2.75, 3.05) is 45.8 Å². The van der Waals surface area contributed by atoms with Crippen LogP contribution in [0.5, 0.6) is 5.75 Å². The molecule has 0 unspecified atom stereocenters. The summed E-state index contributed by atoms with van der Waals surface area (Å²) in [5, 5.41) is 37.1. The number of likely N-dealkylation sites (tertiary alicyclic amines) is 1. The van der Waals surface area contributed by atoms with Crippen LogP contribution in [0.2, 0.25) is 0 Å². The number of piperazine rings is 1. The van der Waals surface area contributed by atoms with Gasteiger partial charge in [-0.05, 0) is 85.4 Å². The summed E-state index contributed by atoms with van der Waals surface area (Å²) in [6.45, 7) is 13.0. The van der Waals surface area contributed by atoms with Crippen LogP contribution in [-0.4, -0.2) is 133 Å². The Bertz CT molecular complexity index is 2300. The van der Waals surface area contributed by atoms with Gasteiger partial charge in [-0.2, -0.15) is 0 Å². The number of amides is 4. The summed E-state index contributed by atoms with van der Waals surface area (Å²) in [6, 6.07) is 15.4. The Morgan fingerprint density at radius 3 is 2.40 bits per heavy atom. The molecule has 328 valence electrons. The highest BCUT2D eigenvalue weighted by molar-refractivity contribution is 5.93. The van der Waals surface area contributed by atoms with Crippen LogP contribution in [0.15, 0.2) is 54.6 Å². The summed E-state index contributed by atoms with van der Waals surface area (Å²) < 4.78 is 0. The first-order valence-electron chi connectivity index (χ1n) is 22.3. The number of β-amino-alcohol motifs (C(OH)–C–C–N with tert-alkyl or cyclic N) is 1. The van der Waals surface area contributed by atoms with Crippen molar-refractivity contribution >= 4 is 28.9 Å². The molecule has 4 aromatic rings. The lowest BCUT2D eigenvalue weighted by Crippen LogP contribution is -2.61. The van der Waals surface area contributed by atoms with E-state index in [1.165, 1.54) is 16.2 Å². The number of aromatic amines is 1. The number of hydrogen-bond donors (Lipinski definition) is 5. The van der Waals surface area contributed by atoms with Crippen LogP contribution < -0.4 is 10.6 Å². The summed E-state index contributed by atoms with van der Waals surface area (Å²) in [5.74, 6) is 2.66. The quantitative estimate of drug-likeness (QED) is 0.149. The third-order valence-electron chi connectivity index (χ3n) is 13.7. The second-order valence-electron chi connectivity index (χ2n) is 18.9. The largest absolute Gasteiger partial charge is 0.507 e. The molecule has 14 heteroatoms. The molecule has 0 bridgehead atoms. The number of hydrogen-bond acceptors (Lipinski definition) is 9. The molecule has 14 nitrogen and oxygen atoms in total. The van der Waals surface area contributed by atoms with Gasteiger partial charge in [0.15, 0.2) is 5.65 Å². The van der Waals surface area contributed by atoms with Gasteiger partial charge in [0.1, 0.15) is 17.8 Å². The number of phenols is 1. The number of nitrogens with zero attached hydrogens (tertiary/aromatic N) is 6. The van der Waals surface area contributed by atoms with Crippen LogP contribution in [0.1, 0.15) is 88.2 Å². The van der Waals surface area contributed by atoms with Crippen molar-refractivity contribution in [3.8, 4) is 29.4 Å². The highest BCUT2D eigenvalue weighted by Gasteiger charge is 2.45. The number of fused-ring (bicyclic) bond motifs is 3. The molecule has 62 heavy (non-hydrogen) atoms. The molecular formula is C48H61N9O5. The van der Waals surface area contributed by atoms with Gasteiger partial charge < -0.3 is 35.6 Å². The summed E-state index contributed by atoms with van der Waals surface area (Å²) in [4.78, 5) is 53.2. The molecule has 2 aromatic heterocycles. The van der Waals surface area contributed by atoms with Crippen LogP contribution >= 0.6 is 0 Å². The molecule has 5 N–H and O–H groups in total. The molecule has 4 amide bonds. The monoisotopic (exact) mass is 843 g/mol. The highest BCUT2D eigenvalue weighted by Crippen LogP contribution is 2.41. The van der Waals surface area contributed by atoms with Gasteiger partial charge in [-0.15, -0.1) is 16.6 Å². The van der Waals surface area contributed by atoms with Crippen LogP contribution in [-0.2, 0) is 22.6 Å². The molecule has 4 aliphatic rings. The molecule has 0 radical (unpaired) electrons. The number of terminal acetylenes is 1. The normalized spacial score (nSPS) is 24.0. The average Bonchev–Trinajstić information content (AvgIpc) is 3.85. The van der Waals surface area contributed by atoms with E-state index in [1.807, 2.05) is 63.2 Å². The summed E-state index contributed by atoms with van der Waals surface area (Å²) in [6.07, 6.45) is 10.3. The molecule has 2 aromatic carbocycles. The average molecular weight is 844 g/mol. The van der Waals surface area contributed by atoms with Crippen LogP contribution in [0.25, 0.3) is 22.3 Å². The maximum absolute atomic E-state index is 14.2. The van der Waals surface area contributed by atoms with Crippen LogP contribution in [0.3, 0.4) is 0 Å². The summed E-state index contributed by atoms with van der Waals surface area (Å²) in [7, 11) is 0. The van der Waals surface area contributed by atoms with Gasteiger partial charge in [-0.25, -0.2) is 4.79 Å². The SMILES string of the molecule is C#Cc1ccc(CNC(=O)[C@@H]2C[C@@H](O)CN2C(=O)[C@@H](NC(=O)N2CCN(C[C@H]3CC[C@@H](N4CCc5[nH]c6nnc(-c7ccccc7O)cc6c5[C@H]4C)CC3)CC2)C(C)(C)C)cc1. The van der Waals surface area contributed by atoms with Crippen molar-refractivity contribution in [2.45, 2.75) is 103 Å². The molecule has 0 spiro atoms. The lowest BCUT2D eigenvalue weighted by Gasteiger charge is -2.44. The van der Waals surface area contributed by atoms with Crippen LogP contribution in [0.4, 0.5) is 4.79 Å². The van der Waals surface area contributed by atoms with E-state index in [0.717, 1.165) is 80.4 Å². The zero-order valence-electron chi connectivity index (χ0n) is 36.4. The van der Waals surface area contributed by atoms with E-state index in [-0.39, 0.29) is 49.1 Å². The number of carbonyl (C=O) groups is 3. The zero-order chi connectivity index (χ0) is 43.7. The standard InChI is InChI=1S/C48H61N9O5/c1-6-31-11-13-32(14-12-31)27-49-45(60)40-25-35(58)29-57(40)46(61)43(48(3,4)5)51-47(62)55-23-21-54(22-24-55)28-33-15-17-34(18-16-33)56-20-19-38-42(30(56)2)37-26-39(52-53-44(37)50-38)36-9-7-8-10-41(36)59/h1,7-14,26,30,33-35,40,43,58-59H,15-25,27-29H2,2-5H3,(H,49,60)(H,50,53)(H,51,62)/t30-,33-,34+,35-,40+,43-/m1/s1. The molecule has 1 saturated carbocycles. The molecular weight excluding hydrogens is 783 g/mol. The van der Waals surface area contributed by atoms with Crippen molar-refractivity contribution in [1.82, 2.24) is 45.4 Å².